The Morgan fingerprint density at radius 3 is 2.79 bits per heavy atom. The quantitative estimate of drug-likeness (QED) is 0.587. The third kappa shape index (κ3) is 2.02. The average Bonchev–Trinajstić information content (AvgIpc) is 2.98. The van der Waals surface area contributed by atoms with Gasteiger partial charge in [0.25, 0.3) is 0 Å². The number of aromatic hydroxyl groups is 1. The molecule has 4 aliphatic rings. The highest BCUT2D eigenvalue weighted by molar-refractivity contribution is 5.90. The van der Waals surface area contributed by atoms with Gasteiger partial charge in [0.05, 0.1) is 24.9 Å². The number of likely N-dealkylation sites (tertiary alicyclic amines) is 1. The number of phenols is 1. The van der Waals surface area contributed by atoms with Crippen molar-refractivity contribution in [1.29, 1.82) is 0 Å². The van der Waals surface area contributed by atoms with Gasteiger partial charge in [0.2, 0.25) is 0 Å². The number of rotatable bonds is 2. The first kappa shape index (κ1) is 18.2. The van der Waals surface area contributed by atoms with Gasteiger partial charge in [-0.3, -0.25) is 4.79 Å². The molecule has 2 unspecified atom stereocenters. The number of piperidine rings is 1. The first-order chi connectivity index (χ1) is 13.0. The summed E-state index contributed by atoms with van der Waals surface area (Å²) in [5, 5.41) is 35.6. The first-order valence-electron chi connectivity index (χ1n) is 9.43. The van der Waals surface area contributed by atoms with Gasteiger partial charge in [-0.2, -0.15) is 13.2 Å². The Hall–Kier alpha value is -1.84. The van der Waals surface area contributed by atoms with Gasteiger partial charge in [-0.1, -0.05) is 6.07 Å². The summed E-state index contributed by atoms with van der Waals surface area (Å²) in [4.78, 5) is 12.6. The zero-order valence-corrected chi connectivity index (χ0v) is 15.0. The molecule has 6 nitrogen and oxygen atoms in total. The van der Waals surface area contributed by atoms with Crippen LogP contribution in [0.15, 0.2) is 12.1 Å². The van der Waals surface area contributed by atoms with Gasteiger partial charge in [-0.25, -0.2) is 0 Å². The third-order valence-electron chi connectivity index (χ3n) is 7.36. The topological polar surface area (TPSA) is 89.8 Å². The average molecular weight is 399 g/mol. The summed E-state index contributed by atoms with van der Waals surface area (Å²) in [5.74, 6) is -0.189. The van der Waals surface area contributed by atoms with Gasteiger partial charge < -0.3 is 24.8 Å². The number of alkyl halides is 3. The van der Waals surface area contributed by atoms with Crippen LogP contribution in [0.2, 0.25) is 0 Å². The molecule has 0 amide bonds. The van der Waals surface area contributed by atoms with Gasteiger partial charge in [-0.15, -0.1) is 0 Å². The Labute approximate surface area is 158 Å². The highest BCUT2D eigenvalue weighted by atomic mass is 19.4. The molecule has 1 saturated carbocycles. The predicted octanol–water partition coefficient (Wildman–Crippen LogP) is 2.08. The SMILES string of the molecule is O=C1CCC2(O)[C@H]3Cc4ccc(O)c5c4[C@@]2(CC[N+]3([O-])CCC(F)(F)F)[C@H]1O5. The van der Waals surface area contributed by atoms with Crippen molar-refractivity contribution < 1.29 is 37.6 Å². The normalized spacial score (nSPS) is 40.8. The summed E-state index contributed by atoms with van der Waals surface area (Å²) in [6.07, 6.45) is -6.56. The van der Waals surface area contributed by atoms with Gasteiger partial charge in [0.15, 0.2) is 23.4 Å². The van der Waals surface area contributed by atoms with Gasteiger partial charge in [-0.05, 0) is 18.1 Å². The van der Waals surface area contributed by atoms with Crippen LogP contribution in [0.5, 0.6) is 11.5 Å². The molecule has 28 heavy (non-hydrogen) atoms. The number of halogens is 3. The van der Waals surface area contributed by atoms with E-state index in [1.807, 2.05) is 0 Å². The molecule has 2 heterocycles. The van der Waals surface area contributed by atoms with Crippen molar-refractivity contribution in [2.45, 2.75) is 61.4 Å². The minimum absolute atomic E-state index is 0.0111. The lowest BCUT2D eigenvalue weighted by atomic mass is 9.49. The van der Waals surface area contributed by atoms with Crippen LogP contribution >= 0.6 is 0 Å². The maximum atomic E-state index is 13.6. The van der Waals surface area contributed by atoms with E-state index in [2.05, 4.69) is 0 Å². The van der Waals surface area contributed by atoms with Gasteiger partial charge in [0, 0.05) is 24.8 Å². The Morgan fingerprint density at radius 1 is 1.32 bits per heavy atom. The summed E-state index contributed by atoms with van der Waals surface area (Å²) >= 11 is 0. The van der Waals surface area contributed by atoms with Gasteiger partial charge in [0.1, 0.15) is 11.6 Å². The number of hydrogen-bond acceptors (Lipinski definition) is 5. The van der Waals surface area contributed by atoms with E-state index in [1.165, 1.54) is 6.07 Å². The summed E-state index contributed by atoms with van der Waals surface area (Å²) in [7, 11) is 0. The number of benzene rings is 1. The molecule has 2 aliphatic carbocycles. The van der Waals surface area contributed by atoms with Crippen molar-refractivity contribution in [3.63, 3.8) is 0 Å². The number of ketones is 1. The lowest BCUT2D eigenvalue weighted by molar-refractivity contribution is -0.923. The Balaban J connectivity index is 1.68. The number of phenolic OH excluding ortho intramolecular Hbond substituents is 1. The van der Waals surface area contributed by atoms with Crippen molar-refractivity contribution in [3.8, 4) is 11.5 Å². The van der Waals surface area contributed by atoms with Crippen LogP contribution < -0.4 is 4.74 Å². The molecule has 0 radical (unpaired) electrons. The van der Waals surface area contributed by atoms with Crippen molar-refractivity contribution in [2.75, 3.05) is 13.1 Å². The van der Waals surface area contributed by atoms with Crippen molar-refractivity contribution in [1.82, 2.24) is 0 Å². The molecule has 2 aliphatic heterocycles. The van der Waals surface area contributed by atoms with Crippen molar-refractivity contribution in [3.05, 3.63) is 28.5 Å². The van der Waals surface area contributed by atoms with E-state index in [1.54, 1.807) is 6.07 Å². The van der Waals surface area contributed by atoms with E-state index in [0.717, 1.165) is 0 Å². The maximum absolute atomic E-state index is 13.6. The van der Waals surface area contributed by atoms with Crippen molar-refractivity contribution in [2.24, 2.45) is 0 Å². The first-order valence-corrected chi connectivity index (χ1v) is 9.43. The second kappa shape index (κ2) is 5.20. The molecule has 0 aromatic heterocycles. The molecule has 1 aromatic carbocycles. The van der Waals surface area contributed by atoms with E-state index >= 15 is 0 Å². The molecule has 9 heteroatoms. The number of quaternary nitrogens is 1. The Bertz CT molecular complexity index is 889. The Kier molecular flexibility index (Phi) is 3.38. The molecule has 5 rings (SSSR count). The zero-order chi connectivity index (χ0) is 20.1. The number of carbonyl (C=O) groups is 1. The molecule has 1 aromatic rings. The highest BCUT2D eigenvalue weighted by Crippen LogP contribution is 2.65. The van der Waals surface area contributed by atoms with Crippen LogP contribution in [0.4, 0.5) is 13.2 Å². The molecule has 152 valence electrons. The molecular weight excluding hydrogens is 379 g/mol. The zero-order valence-electron chi connectivity index (χ0n) is 15.0. The summed E-state index contributed by atoms with van der Waals surface area (Å²) in [5.41, 5.74) is -1.61. The standard InChI is InChI=1S/C19H20F3NO5/c20-19(21,22)6-8-23(27)7-5-17-14-10-1-2-11(24)15(14)28-16(17)12(25)3-4-18(17,26)13(23)9-10/h1-2,13,16,24,26H,3-9H2/t13-,16+,17+,18?,23?/m1/s1. The fourth-order valence-electron chi connectivity index (χ4n) is 6.17. The molecule has 2 N–H and O–H groups in total. The van der Waals surface area contributed by atoms with E-state index in [9.17, 15) is 33.4 Å². The number of hydroxylamine groups is 3. The maximum Gasteiger partial charge on any atom is 0.394 e. The Morgan fingerprint density at radius 2 is 2.07 bits per heavy atom. The van der Waals surface area contributed by atoms with Crippen LogP contribution in [0.1, 0.15) is 36.8 Å². The largest absolute Gasteiger partial charge is 0.633 e. The highest BCUT2D eigenvalue weighted by Gasteiger charge is 2.76. The van der Waals surface area contributed by atoms with Crippen LogP contribution in [0.3, 0.4) is 0 Å². The van der Waals surface area contributed by atoms with E-state index < -0.39 is 47.0 Å². The van der Waals surface area contributed by atoms with Crippen molar-refractivity contribution >= 4 is 5.78 Å². The number of nitrogens with zero attached hydrogens (tertiary/aromatic N) is 1. The lowest BCUT2D eigenvalue weighted by Crippen LogP contribution is -2.80. The number of hydrogen-bond donors (Lipinski definition) is 2. The number of ether oxygens (including phenoxy) is 1. The second-order valence-corrected chi connectivity index (χ2v) is 8.54. The summed E-state index contributed by atoms with van der Waals surface area (Å²) < 4.78 is 43.2. The monoisotopic (exact) mass is 399 g/mol. The predicted molar refractivity (Wildman–Crippen MR) is 89.5 cm³/mol. The summed E-state index contributed by atoms with van der Waals surface area (Å²) in [6.45, 7) is -0.795. The molecule has 1 saturated heterocycles. The smallest absolute Gasteiger partial charge is 0.394 e. The molecule has 5 atom stereocenters. The third-order valence-corrected chi connectivity index (χ3v) is 7.36. The molecular formula is C19H20F3NO5. The minimum Gasteiger partial charge on any atom is -0.633 e. The number of Topliss-reactive ketones (excluding diaryl/α,β-unsaturated/α-hetero) is 1. The van der Waals surface area contributed by atoms with Crippen LogP contribution in [-0.2, 0) is 16.6 Å². The van der Waals surface area contributed by atoms with Gasteiger partial charge >= 0.3 is 6.18 Å². The van der Waals surface area contributed by atoms with E-state index in [-0.39, 0.29) is 49.5 Å². The van der Waals surface area contributed by atoms with E-state index in [4.69, 9.17) is 4.74 Å². The second-order valence-electron chi connectivity index (χ2n) is 8.54. The van der Waals surface area contributed by atoms with Crippen LogP contribution in [0, 0.1) is 5.21 Å². The van der Waals surface area contributed by atoms with E-state index in [0.29, 0.717) is 11.1 Å². The minimum atomic E-state index is -4.46. The lowest BCUT2D eigenvalue weighted by Gasteiger charge is -2.67. The molecule has 2 fully saturated rings. The summed E-state index contributed by atoms with van der Waals surface area (Å²) in [6, 6.07) is 2.01. The molecule has 1 spiro atoms. The molecule has 2 bridgehead atoms. The van der Waals surface area contributed by atoms with Crippen LogP contribution in [-0.4, -0.2) is 57.7 Å². The number of carbonyl (C=O) groups excluding carboxylic acids is 1. The fraction of sp³-hybridized carbons (Fsp3) is 0.632. The fourth-order valence-corrected chi connectivity index (χ4v) is 6.17. The van der Waals surface area contributed by atoms with Crippen LogP contribution in [0.25, 0.3) is 0 Å². The number of aliphatic hydroxyl groups is 1.